The molecule has 2 nitrogen and oxygen atoms in total. The fourth-order valence-corrected chi connectivity index (χ4v) is 4.53. The smallest absolute Gasteiger partial charge is 0.133 e. The number of nitrogens with zero attached hydrogens (tertiary/aromatic N) is 1. The van der Waals surface area contributed by atoms with Crippen molar-refractivity contribution in [2.75, 3.05) is 4.90 Å². The summed E-state index contributed by atoms with van der Waals surface area (Å²) in [5.41, 5.74) is 3.49. The molecule has 0 unspecified atom stereocenters. The predicted octanol–water partition coefficient (Wildman–Crippen LogP) is 6.47. The number of para-hydroxylation sites is 2. The molecule has 3 aromatic carbocycles. The molecule has 0 amide bonds. The van der Waals surface area contributed by atoms with Crippen LogP contribution in [-0.2, 0) is 11.1 Å². The standard InChI is InChI=1S/C24H25NO/c1-23(2)20-16-11-17-21(26-19-14-9-6-10-15-19)22(20)24(3,4)25(23)18-12-7-5-8-13-18/h5-17H,1-4H3. The summed E-state index contributed by atoms with van der Waals surface area (Å²) in [6, 6.07) is 27.1. The van der Waals surface area contributed by atoms with Gasteiger partial charge in [-0.05, 0) is 63.6 Å². The summed E-state index contributed by atoms with van der Waals surface area (Å²) >= 11 is 0. The summed E-state index contributed by atoms with van der Waals surface area (Å²) in [7, 11) is 0. The minimum absolute atomic E-state index is 0.129. The van der Waals surface area contributed by atoms with Gasteiger partial charge in [-0.25, -0.2) is 0 Å². The van der Waals surface area contributed by atoms with Crippen LogP contribution in [0.3, 0.4) is 0 Å². The number of hydrogen-bond acceptors (Lipinski definition) is 2. The Morgan fingerprint density at radius 1 is 0.654 bits per heavy atom. The normalized spacial score (nSPS) is 17.0. The Labute approximate surface area is 156 Å². The third kappa shape index (κ3) is 2.48. The number of fused-ring (bicyclic) bond motifs is 1. The molecular formula is C24H25NO. The minimum Gasteiger partial charge on any atom is -0.457 e. The van der Waals surface area contributed by atoms with Crippen LogP contribution in [0.5, 0.6) is 11.5 Å². The van der Waals surface area contributed by atoms with Gasteiger partial charge >= 0.3 is 0 Å². The molecule has 0 atom stereocenters. The van der Waals surface area contributed by atoms with Crippen molar-refractivity contribution in [2.24, 2.45) is 0 Å². The first-order chi connectivity index (χ1) is 12.4. The lowest BCUT2D eigenvalue weighted by atomic mass is 9.90. The summed E-state index contributed by atoms with van der Waals surface area (Å²) in [5, 5.41) is 0. The Morgan fingerprint density at radius 2 is 1.27 bits per heavy atom. The van der Waals surface area contributed by atoms with Gasteiger partial charge in [0.2, 0.25) is 0 Å². The third-order valence-corrected chi connectivity index (χ3v) is 5.40. The first kappa shape index (κ1) is 16.7. The summed E-state index contributed by atoms with van der Waals surface area (Å²) in [6.45, 7) is 9.15. The van der Waals surface area contributed by atoms with Crippen LogP contribution in [0.15, 0.2) is 78.9 Å². The van der Waals surface area contributed by atoms with Crippen LogP contribution in [0, 0.1) is 0 Å². The topological polar surface area (TPSA) is 12.5 Å². The molecule has 2 heteroatoms. The first-order valence-corrected chi connectivity index (χ1v) is 9.14. The van der Waals surface area contributed by atoms with E-state index in [2.05, 4.69) is 81.1 Å². The fraction of sp³-hybridized carbons (Fsp3) is 0.250. The van der Waals surface area contributed by atoms with Gasteiger partial charge in [-0.15, -0.1) is 0 Å². The maximum absolute atomic E-state index is 6.31. The molecule has 4 rings (SSSR count). The van der Waals surface area contributed by atoms with Gasteiger partial charge in [-0.1, -0.05) is 48.5 Å². The van der Waals surface area contributed by atoms with Gasteiger partial charge in [0.05, 0.1) is 11.1 Å². The van der Waals surface area contributed by atoms with Gasteiger partial charge in [-0.3, -0.25) is 0 Å². The summed E-state index contributed by atoms with van der Waals surface area (Å²) < 4.78 is 6.31. The van der Waals surface area contributed by atoms with Crippen molar-refractivity contribution in [3.8, 4) is 11.5 Å². The number of benzene rings is 3. The minimum atomic E-state index is -0.189. The van der Waals surface area contributed by atoms with Crippen LogP contribution in [0.25, 0.3) is 0 Å². The molecular weight excluding hydrogens is 318 g/mol. The van der Waals surface area contributed by atoms with Crippen molar-refractivity contribution in [3.63, 3.8) is 0 Å². The molecule has 3 aromatic rings. The highest BCUT2D eigenvalue weighted by Crippen LogP contribution is 2.54. The molecule has 0 fully saturated rings. The van der Waals surface area contributed by atoms with E-state index in [1.54, 1.807) is 0 Å². The molecule has 132 valence electrons. The van der Waals surface area contributed by atoms with Crippen molar-refractivity contribution in [1.82, 2.24) is 0 Å². The molecule has 0 N–H and O–H groups in total. The van der Waals surface area contributed by atoms with Gasteiger partial charge in [0.15, 0.2) is 0 Å². The van der Waals surface area contributed by atoms with E-state index < -0.39 is 0 Å². The molecule has 1 heterocycles. The molecule has 26 heavy (non-hydrogen) atoms. The van der Waals surface area contributed by atoms with E-state index in [9.17, 15) is 0 Å². The molecule has 0 aliphatic carbocycles. The van der Waals surface area contributed by atoms with Crippen molar-refractivity contribution >= 4 is 5.69 Å². The monoisotopic (exact) mass is 343 g/mol. The number of ether oxygens (including phenoxy) is 1. The van der Waals surface area contributed by atoms with E-state index in [0.29, 0.717) is 0 Å². The first-order valence-electron chi connectivity index (χ1n) is 9.14. The summed E-state index contributed by atoms with van der Waals surface area (Å²) in [4.78, 5) is 2.50. The van der Waals surface area contributed by atoms with Crippen LogP contribution in [0.1, 0.15) is 38.8 Å². The predicted molar refractivity (Wildman–Crippen MR) is 108 cm³/mol. The zero-order valence-electron chi connectivity index (χ0n) is 15.9. The number of anilines is 1. The van der Waals surface area contributed by atoms with E-state index in [0.717, 1.165) is 11.5 Å². The lowest BCUT2D eigenvalue weighted by Crippen LogP contribution is -2.45. The van der Waals surface area contributed by atoms with Gasteiger partial charge in [-0.2, -0.15) is 0 Å². The summed E-state index contributed by atoms with van der Waals surface area (Å²) in [6.07, 6.45) is 0. The van der Waals surface area contributed by atoms with Crippen molar-refractivity contribution in [3.05, 3.63) is 90.0 Å². The van der Waals surface area contributed by atoms with E-state index >= 15 is 0 Å². The molecule has 1 aliphatic heterocycles. The van der Waals surface area contributed by atoms with Gasteiger partial charge < -0.3 is 9.64 Å². The second kappa shape index (κ2) is 5.91. The second-order valence-corrected chi connectivity index (χ2v) is 7.88. The van der Waals surface area contributed by atoms with Gasteiger partial charge in [0.1, 0.15) is 11.5 Å². The highest BCUT2D eigenvalue weighted by atomic mass is 16.5. The lowest BCUT2D eigenvalue weighted by Gasteiger charge is -2.43. The lowest BCUT2D eigenvalue weighted by molar-refractivity contribution is 0.394. The van der Waals surface area contributed by atoms with Crippen LogP contribution in [-0.4, -0.2) is 0 Å². The van der Waals surface area contributed by atoms with E-state index in [4.69, 9.17) is 4.74 Å². The Bertz CT molecular complexity index is 913. The van der Waals surface area contributed by atoms with Crippen molar-refractivity contribution in [1.29, 1.82) is 0 Å². The van der Waals surface area contributed by atoms with Crippen LogP contribution in [0.4, 0.5) is 5.69 Å². The van der Waals surface area contributed by atoms with Crippen LogP contribution in [0.2, 0.25) is 0 Å². The molecule has 0 saturated heterocycles. The zero-order valence-corrected chi connectivity index (χ0v) is 15.9. The molecule has 0 aromatic heterocycles. The van der Waals surface area contributed by atoms with Crippen molar-refractivity contribution < 1.29 is 4.74 Å². The zero-order chi connectivity index (χ0) is 18.4. The average molecular weight is 343 g/mol. The molecule has 0 spiro atoms. The van der Waals surface area contributed by atoms with Gasteiger partial charge in [0, 0.05) is 11.3 Å². The Hall–Kier alpha value is -2.74. The number of hydrogen-bond donors (Lipinski definition) is 0. The fourth-order valence-electron chi connectivity index (χ4n) is 4.53. The Kier molecular flexibility index (Phi) is 3.80. The number of rotatable bonds is 3. The van der Waals surface area contributed by atoms with Crippen LogP contribution >= 0.6 is 0 Å². The Balaban J connectivity index is 1.87. The SMILES string of the molecule is CC1(C)c2cccc(Oc3ccccc3)c2C(C)(C)N1c1ccccc1. The summed E-state index contributed by atoms with van der Waals surface area (Å²) in [5.74, 6) is 1.80. The van der Waals surface area contributed by atoms with E-state index in [1.807, 2.05) is 30.3 Å². The van der Waals surface area contributed by atoms with Crippen LogP contribution < -0.4 is 9.64 Å². The van der Waals surface area contributed by atoms with E-state index in [-0.39, 0.29) is 11.1 Å². The second-order valence-electron chi connectivity index (χ2n) is 7.88. The molecule has 0 bridgehead atoms. The quantitative estimate of drug-likeness (QED) is 0.540. The maximum Gasteiger partial charge on any atom is 0.133 e. The largest absolute Gasteiger partial charge is 0.457 e. The molecule has 0 radical (unpaired) electrons. The van der Waals surface area contributed by atoms with Crippen molar-refractivity contribution in [2.45, 2.75) is 38.8 Å². The molecule has 1 aliphatic rings. The third-order valence-electron chi connectivity index (χ3n) is 5.40. The maximum atomic E-state index is 6.31. The average Bonchev–Trinajstić information content (AvgIpc) is 2.79. The highest BCUT2D eigenvalue weighted by molar-refractivity contribution is 5.65. The van der Waals surface area contributed by atoms with E-state index in [1.165, 1.54) is 16.8 Å². The highest BCUT2D eigenvalue weighted by Gasteiger charge is 2.50. The van der Waals surface area contributed by atoms with Gasteiger partial charge in [0.25, 0.3) is 0 Å². The molecule has 0 saturated carbocycles. The Morgan fingerprint density at radius 3 is 1.92 bits per heavy atom.